The van der Waals surface area contributed by atoms with E-state index in [1.807, 2.05) is 31.1 Å². The van der Waals surface area contributed by atoms with E-state index in [0.29, 0.717) is 36.2 Å². The Bertz CT molecular complexity index is 955. The van der Waals surface area contributed by atoms with E-state index in [2.05, 4.69) is 10.6 Å². The van der Waals surface area contributed by atoms with Gasteiger partial charge in [0.25, 0.3) is 11.8 Å². The van der Waals surface area contributed by atoms with Gasteiger partial charge in [0.15, 0.2) is 0 Å². The van der Waals surface area contributed by atoms with E-state index < -0.39 is 6.04 Å². The lowest BCUT2D eigenvalue weighted by atomic mass is 9.95. The fourth-order valence-electron chi connectivity index (χ4n) is 3.92. The highest BCUT2D eigenvalue weighted by Crippen LogP contribution is 2.28. The quantitative estimate of drug-likeness (QED) is 0.838. The number of rotatable bonds is 3. The summed E-state index contributed by atoms with van der Waals surface area (Å²) in [5.74, 6) is -0.525. The molecule has 2 aromatic rings. The maximum atomic E-state index is 12.9. The van der Waals surface area contributed by atoms with Crippen LogP contribution in [-0.2, 0) is 4.79 Å². The number of nitrogens with zero attached hydrogens (tertiary/aromatic N) is 2. The summed E-state index contributed by atoms with van der Waals surface area (Å²) in [6.07, 6.45) is 1.01. The minimum Gasteiger partial charge on any atom is -0.378 e. The molecule has 7 heteroatoms. The van der Waals surface area contributed by atoms with Crippen LogP contribution in [0.1, 0.15) is 33.6 Å². The second-order valence-corrected chi connectivity index (χ2v) is 7.69. The summed E-state index contributed by atoms with van der Waals surface area (Å²) < 4.78 is 0. The van der Waals surface area contributed by atoms with Crippen molar-refractivity contribution in [2.24, 2.45) is 0 Å². The van der Waals surface area contributed by atoms with Gasteiger partial charge in [-0.1, -0.05) is 12.1 Å². The zero-order valence-corrected chi connectivity index (χ0v) is 16.5. The molecule has 2 N–H and O–H groups in total. The van der Waals surface area contributed by atoms with Crippen LogP contribution in [0.3, 0.4) is 0 Å². The summed E-state index contributed by atoms with van der Waals surface area (Å²) in [7, 11) is 3.89. The summed E-state index contributed by atoms with van der Waals surface area (Å²) >= 11 is 0. The molecule has 0 radical (unpaired) electrons. The Balaban J connectivity index is 1.46. The highest BCUT2D eigenvalue weighted by molar-refractivity contribution is 6.10. The fourth-order valence-corrected chi connectivity index (χ4v) is 3.92. The first kappa shape index (κ1) is 19.0. The smallest absolute Gasteiger partial charge is 0.256 e. The first-order valence-electron chi connectivity index (χ1n) is 9.73. The van der Waals surface area contributed by atoms with E-state index in [0.717, 1.165) is 5.69 Å². The molecule has 0 bridgehead atoms. The third-order valence-corrected chi connectivity index (χ3v) is 5.56. The Morgan fingerprint density at radius 1 is 1.10 bits per heavy atom. The van der Waals surface area contributed by atoms with E-state index in [9.17, 15) is 14.4 Å². The molecule has 0 spiro atoms. The average Bonchev–Trinajstić information content (AvgIpc) is 2.83. The predicted molar refractivity (Wildman–Crippen MR) is 111 cm³/mol. The minimum atomic E-state index is -0.593. The number of fused-ring (bicyclic) bond motifs is 2. The van der Waals surface area contributed by atoms with Crippen molar-refractivity contribution in [1.29, 1.82) is 0 Å². The van der Waals surface area contributed by atoms with Crippen LogP contribution < -0.4 is 15.5 Å². The van der Waals surface area contributed by atoms with E-state index in [1.165, 1.54) is 0 Å². The maximum Gasteiger partial charge on any atom is 0.256 e. The molecule has 0 saturated carbocycles. The molecular formula is C22H24N4O3. The van der Waals surface area contributed by atoms with Crippen LogP contribution in [-0.4, -0.2) is 55.3 Å². The summed E-state index contributed by atoms with van der Waals surface area (Å²) in [4.78, 5) is 41.9. The van der Waals surface area contributed by atoms with Gasteiger partial charge < -0.3 is 20.4 Å². The number of hydrogen-bond acceptors (Lipinski definition) is 4. The Labute approximate surface area is 169 Å². The molecular weight excluding hydrogens is 368 g/mol. The van der Waals surface area contributed by atoms with Gasteiger partial charge in [-0.05, 0) is 49.2 Å². The van der Waals surface area contributed by atoms with Crippen molar-refractivity contribution < 1.29 is 14.4 Å². The number of amides is 3. The monoisotopic (exact) mass is 392 g/mol. The van der Waals surface area contributed by atoms with Crippen LogP contribution in [0, 0.1) is 0 Å². The molecule has 7 nitrogen and oxygen atoms in total. The molecule has 1 saturated heterocycles. The Hall–Kier alpha value is -3.35. The number of nitrogens with one attached hydrogen (secondary N) is 2. The predicted octanol–water partition coefficient (Wildman–Crippen LogP) is 2.11. The molecule has 2 aromatic carbocycles. The summed E-state index contributed by atoms with van der Waals surface area (Å²) in [5, 5.41) is 5.88. The highest BCUT2D eigenvalue weighted by Gasteiger charge is 2.40. The number of carbonyl (C=O) groups excluding carboxylic acids is 3. The Morgan fingerprint density at radius 2 is 1.83 bits per heavy atom. The molecule has 3 amide bonds. The number of para-hydroxylation sites is 1. The molecule has 2 heterocycles. The Morgan fingerprint density at radius 3 is 2.55 bits per heavy atom. The average molecular weight is 392 g/mol. The lowest BCUT2D eigenvalue weighted by Gasteiger charge is -2.37. The van der Waals surface area contributed by atoms with Crippen LogP contribution in [0.25, 0.3) is 0 Å². The fraction of sp³-hybridized carbons (Fsp3) is 0.318. The van der Waals surface area contributed by atoms with Crippen molar-refractivity contribution in [3.8, 4) is 0 Å². The number of piperidine rings is 1. The van der Waals surface area contributed by atoms with Gasteiger partial charge in [0.2, 0.25) is 5.91 Å². The second-order valence-electron chi connectivity index (χ2n) is 7.69. The van der Waals surface area contributed by atoms with Crippen molar-refractivity contribution in [1.82, 2.24) is 10.2 Å². The lowest BCUT2D eigenvalue weighted by Crippen LogP contribution is -2.55. The van der Waals surface area contributed by atoms with Crippen LogP contribution in [0.5, 0.6) is 0 Å². The molecule has 0 unspecified atom stereocenters. The number of hydrogen-bond donors (Lipinski definition) is 2. The third-order valence-electron chi connectivity index (χ3n) is 5.56. The highest BCUT2D eigenvalue weighted by atomic mass is 16.2. The molecule has 0 aromatic heterocycles. The summed E-state index contributed by atoms with van der Waals surface area (Å²) in [6, 6.07) is 13.7. The molecule has 29 heavy (non-hydrogen) atoms. The van der Waals surface area contributed by atoms with Gasteiger partial charge in [0.1, 0.15) is 6.04 Å². The van der Waals surface area contributed by atoms with E-state index in [-0.39, 0.29) is 23.8 Å². The van der Waals surface area contributed by atoms with Crippen molar-refractivity contribution in [3.63, 3.8) is 0 Å². The molecule has 2 aliphatic heterocycles. The maximum absolute atomic E-state index is 12.9. The van der Waals surface area contributed by atoms with E-state index in [4.69, 9.17) is 0 Å². The molecule has 4 rings (SSSR count). The SMILES string of the molecule is CN(C)c1ccc(C(=O)N[C@@H]2CCN3C(=O)c4ccccc4NC(=O)[C@@H]3C2)cc1. The zero-order chi connectivity index (χ0) is 20.5. The van der Waals surface area contributed by atoms with Crippen molar-refractivity contribution >= 4 is 29.1 Å². The van der Waals surface area contributed by atoms with Crippen molar-refractivity contribution in [3.05, 3.63) is 59.7 Å². The van der Waals surface area contributed by atoms with Gasteiger partial charge >= 0.3 is 0 Å². The minimum absolute atomic E-state index is 0.145. The normalized spacial score (nSPS) is 20.8. The number of anilines is 2. The van der Waals surface area contributed by atoms with Crippen LogP contribution >= 0.6 is 0 Å². The zero-order valence-electron chi connectivity index (χ0n) is 16.5. The molecule has 0 aliphatic carbocycles. The summed E-state index contributed by atoms with van der Waals surface area (Å²) in [6.45, 7) is 0.426. The first-order chi connectivity index (χ1) is 13.9. The molecule has 1 fully saturated rings. The second kappa shape index (κ2) is 7.58. The van der Waals surface area contributed by atoms with Crippen molar-refractivity contribution in [2.45, 2.75) is 24.9 Å². The number of benzene rings is 2. The molecule has 2 aliphatic rings. The summed E-state index contributed by atoms with van der Waals surface area (Å²) in [5.41, 5.74) is 2.64. The van der Waals surface area contributed by atoms with Gasteiger partial charge in [-0.15, -0.1) is 0 Å². The van der Waals surface area contributed by atoms with Gasteiger partial charge in [0.05, 0.1) is 11.3 Å². The Kier molecular flexibility index (Phi) is 4.96. The van der Waals surface area contributed by atoms with Gasteiger partial charge in [-0.25, -0.2) is 0 Å². The van der Waals surface area contributed by atoms with Gasteiger partial charge in [0, 0.05) is 37.9 Å². The van der Waals surface area contributed by atoms with Gasteiger partial charge in [-0.2, -0.15) is 0 Å². The third kappa shape index (κ3) is 3.68. The van der Waals surface area contributed by atoms with E-state index in [1.54, 1.807) is 41.3 Å². The van der Waals surface area contributed by atoms with Crippen LogP contribution in [0.15, 0.2) is 48.5 Å². The van der Waals surface area contributed by atoms with Crippen LogP contribution in [0.2, 0.25) is 0 Å². The standard InChI is InChI=1S/C22H24N4O3/c1-25(2)16-9-7-14(8-10-16)20(27)23-15-11-12-26-19(13-15)21(28)24-18-6-4-3-5-17(18)22(26)29/h3-10,15,19H,11-13H2,1-2H3,(H,23,27)(H,24,28)/t15-,19+/m1/s1. The largest absolute Gasteiger partial charge is 0.378 e. The lowest BCUT2D eigenvalue weighted by molar-refractivity contribution is -0.121. The van der Waals surface area contributed by atoms with E-state index >= 15 is 0 Å². The first-order valence-corrected chi connectivity index (χ1v) is 9.73. The molecule has 150 valence electrons. The number of carbonyl (C=O) groups is 3. The van der Waals surface area contributed by atoms with Crippen LogP contribution in [0.4, 0.5) is 11.4 Å². The topological polar surface area (TPSA) is 81.8 Å². The molecule has 2 atom stereocenters. The van der Waals surface area contributed by atoms with Gasteiger partial charge in [-0.3, -0.25) is 14.4 Å². The van der Waals surface area contributed by atoms with Crippen molar-refractivity contribution in [2.75, 3.05) is 30.9 Å².